The number of hydrogen-bond donors (Lipinski definition) is 2. The van der Waals surface area contributed by atoms with Crippen LogP contribution in [-0.2, 0) is 16.1 Å². The maximum absolute atomic E-state index is 11.7. The second-order valence-electron chi connectivity index (χ2n) is 4.85. The molecule has 0 unspecified atom stereocenters. The molecule has 20 heavy (non-hydrogen) atoms. The van der Waals surface area contributed by atoms with Crippen molar-refractivity contribution >= 4 is 17.3 Å². The minimum absolute atomic E-state index is 0.0202. The van der Waals surface area contributed by atoms with Gasteiger partial charge in [0.25, 0.3) is 0 Å². The van der Waals surface area contributed by atoms with Crippen molar-refractivity contribution in [3.8, 4) is 0 Å². The van der Waals surface area contributed by atoms with Crippen LogP contribution in [0.4, 0.5) is 11.4 Å². The first-order valence-electron chi connectivity index (χ1n) is 6.66. The van der Waals surface area contributed by atoms with Crippen molar-refractivity contribution in [3.05, 3.63) is 23.8 Å². The summed E-state index contributed by atoms with van der Waals surface area (Å²) in [6.45, 7) is 2.90. The molecule has 1 heterocycles. The zero-order valence-corrected chi connectivity index (χ0v) is 11.7. The van der Waals surface area contributed by atoms with Crippen molar-refractivity contribution < 1.29 is 14.6 Å². The smallest absolute Gasteiger partial charge is 0.248 e. The number of ether oxygens (including phenoxy) is 1. The fourth-order valence-electron chi connectivity index (χ4n) is 2.45. The van der Waals surface area contributed by atoms with Gasteiger partial charge in [-0.3, -0.25) is 4.79 Å². The Labute approximate surface area is 118 Å². The third kappa shape index (κ3) is 3.20. The van der Waals surface area contributed by atoms with E-state index in [-0.39, 0.29) is 19.1 Å². The Kier molecular flexibility index (Phi) is 4.81. The molecule has 1 saturated heterocycles. The molecule has 1 amide bonds. The fourth-order valence-corrected chi connectivity index (χ4v) is 2.45. The van der Waals surface area contributed by atoms with E-state index in [1.54, 1.807) is 11.0 Å². The average Bonchev–Trinajstić information content (AvgIpc) is 2.47. The standard InChI is InChI=1S/C14H21N3O3/c1-20-10-14(19)17-6-4-16(5-7-17)13-3-2-12(15)8-11(13)9-18/h2-3,8,18H,4-7,9-10,15H2,1H3. The van der Waals surface area contributed by atoms with Gasteiger partial charge in [0.2, 0.25) is 5.91 Å². The second-order valence-corrected chi connectivity index (χ2v) is 4.85. The molecule has 0 atom stereocenters. The maximum atomic E-state index is 11.7. The van der Waals surface area contributed by atoms with E-state index in [2.05, 4.69) is 4.90 Å². The molecular weight excluding hydrogens is 258 g/mol. The third-order valence-electron chi connectivity index (χ3n) is 3.51. The predicted octanol–water partition coefficient (Wildman–Crippen LogP) is 0.0561. The molecule has 0 aromatic heterocycles. The average molecular weight is 279 g/mol. The lowest BCUT2D eigenvalue weighted by Crippen LogP contribution is -2.50. The summed E-state index contributed by atoms with van der Waals surface area (Å²) in [7, 11) is 1.52. The summed E-state index contributed by atoms with van der Waals surface area (Å²) in [4.78, 5) is 15.7. The first kappa shape index (κ1) is 14.6. The van der Waals surface area contributed by atoms with Gasteiger partial charge in [-0.15, -0.1) is 0 Å². The van der Waals surface area contributed by atoms with Gasteiger partial charge in [0.15, 0.2) is 0 Å². The van der Waals surface area contributed by atoms with Crippen LogP contribution in [0.1, 0.15) is 5.56 Å². The molecule has 0 spiro atoms. The molecule has 0 radical (unpaired) electrons. The molecule has 1 aliphatic rings. The van der Waals surface area contributed by atoms with E-state index in [1.807, 2.05) is 12.1 Å². The van der Waals surface area contributed by atoms with Crippen molar-refractivity contribution in [3.63, 3.8) is 0 Å². The van der Waals surface area contributed by atoms with Gasteiger partial charge < -0.3 is 25.4 Å². The number of hydrogen-bond acceptors (Lipinski definition) is 5. The summed E-state index contributed by atoms with van der Waals surface area (Å²) in [5, 5.41) is 9.42. The van der Waals surface area contributed by atoms with Crippen molar-refractivity contribution in [2.75, 3.05) is 50.5 Å². The van der Waals surface area contributed by atoms with Crippen molar-refractivity contribution in [1.29, 1.82) is 0 Å². The molecule has 0 saturated carbocycles. The Balaban J connectivity index is 2.02. The van der Waals surface area contributed by atoms with E-state index in [0.29, 0.717) is 18.8 Å². The quantitative estimate of drug-likeness (QED) is 0.762. The monoisotopic (exact) mass is 279 g/mol. The summed E-state index contributed by atoms with van der Waals surface area (Å²) in [5.41, 5.74) is 8.18. The highest BCUT2D eigenvalue weighted by Crippen LogP contribution is 2.24. The molecule has 1 aromatic rings. The number of nitrogens with zero attached hydrogens (tertiary/aromatic N) is 2. The van der Waals surface area contributed by atoms with Crippen molar-refractivity contribution in [2.24, 2.45) is 0 Å². The lowest BCUT2D eigenvalue weighted by atomic mass is 10.1. The summed E-state index contributed by atoms with van der Waals surface area (Å²) in [5.74, 6) is 0.0202. The number of amides is 1. The Morgan fingerprint density at radius 2 is 2.05 bits per heavy atom. The van der Waals surface area contributed by atoms with Gasteiger partial charge in [-0.05, 0) is 18.2 Å². The van der Waals surface area contributed by atoms with Gasteiger partial charge in [-0.25, -0.2) is 0 Å². The minimum Gasteiger partial charge on any atom is -0.399 e. The number of anilines is 2. The molecule has 6 nitrogen and oxygen atoms in total. The fraction of sp³-hybridized carbons (Fsp3) is 0.500. The SMILES string of the molecule is COCC(=O)N1CCN(c2ccc(N)cc2CO)CC1. The van der Waals surface area contributed by atoms with E-state index in [1.165, 1.54) is 7.11 Å². The van der Waals surface area contributed by atoms with E-state index in [9.17, 15) is 9.90 Å². The first-order valence-corrected chi connectivity index (χ1v) is 6.66. The number of nitrogens with two attached hydrogens (primary N) is 1. The number of carbonyl (C=O) groups excluding carboxylic acids is 1. The van der Waals surface area contributed by atoms with Gasteiger partial charge in [0.1, 0.15) is 6.61 Å². The lowest BCUT2D eigenvalue weighted by Gasteiger charge is -2.36. The third-order valence-corrected chi connectivity index (χ3v) is 3.51. The van der Waals surface area contributed by atoms with Crippen LogP contribution in [0.25, 0.3) is 0 Å². The molecule has 0 bridgehead atoms. The number of methoxy groups -OCH3 is 1. The van der Waals surface area contributed by atoms with Crippen LogP contribution in [-0.4, -0.2) is 55.8 Å². The molecular formula is C14H21N3O3. The van der Waals surface area contributed by atoms with Crippen LogP contribution < -0.4 is 10.6 Å². The van der Waals surface area contributed by atoms with E-state index < -0.39 is 0 Å². The minimum atomic E-state index is -0.0385. The topological polar surface area (TPSA) is 79.0 Å². The predicted molar refractivity (Wildman–Crippen MR) is 77.4 cm³/mol. The molecule has 1 aliphatic heterocycles. The van der Waals surface area contributed by atoms with Gasteiger partial charge in [0, 0.05) is 50.2 Å². The number of nitrogen functional groups attached to an aromatic ring is 1. The summed E-state index contributed by atoms with van der Waals surface area (Å²) in [6, 6.07) is 5.54. The number of benzene rings is 1. The number of aliphatic hydroxyl groups is 1. The van der Waals surface area contributed by atoms with Crippen LogP contribution in [0, 0.1) is 0 Å². The molecule has 3 N–H and O–H groups in total. The van der Waals surface area contributed by atoms with E-state index >= 15 is 0 Å². The van der Waals surface area contributed by atoms with Crippen LogP contribution in [0.2, 0.25) is 0 Å². The summed E-state index contributed by atoms with van der Waals surface area (Å²) >= 11 is 0. The number of piperazine rings is 1. The van der Waals surface area contributed by atoms with Crippen molar-refractivity contribution in [2.45, 2.75) is 6.61 Å². The first-order chi connectivity index (χ1) is 9.65. The maximum Gasteiger partial charge on any atom is 0.248 e. The van der Waals surface area contributed by atoms with Gasteiger partial charge in [-0.1, -0.05) is 0 Å². The van der Waals surface area contributed by atoms with Crippen LogP contribution in [0.3, 0.4) is 0 Å². The largest absolute Gasteiger partial charge is 0.399 e. The Bertz CT molecular complexity index is 471. The van der Waals surface area contributed by atoms with Gasteiger partial charge in [0.05, 0.1) is 6.61 Å². The number of carbonyl (C=O) groups is 1. The van der Waals surface area contributed by atoms with Crippen LogP contribution in [0.5, 0.6) is 0 Å². The Hall–Kier alpha value is -1.79. The van der Waals surface area contributed by atoms with E-state index in [0.717, 1.165) is 24.3 Å². The molecule has 110 valence electrons. The van der Waals surface area contributed by atoms with Gasteiger partial charge >= 0.3 is 0 Å². The molecule has 2 rings (SSSR count). The van der Waals surface area contributed by atoms with Gasteiger partial charge in [-0.2, -0.15) is 0 Å². The lowest BCUT2D eigenvalue weighted by molar-refractivity contribution is -0.135. The zero-order chi connectivity index (χ0) is 14.5. The Morgan fingerprint density at radius 3 is 2.65 bits per heavy atom. The zero-order valence-electron chi connectivity index (χ0n) is 11.7. The Morgan fingerprint density at radius 1 is 1.35 bits per heavy atom. The second kappa shape index (κ2) is 6.58. The molecule has 6 heteroatoms. The van der Waals surface area contributed by atoms with Crippen LogP contribution >= 0.6 is 0 Å². The highest BCUT2D eigenvalue weighted by molar-refractivity contribution is 5.77. The number of aliphatic hydroxyl groups excluding tert-OH is 1. The summed E-state index contributed by atoms with van der Waals surface area (Å²) < 4.78 is 4.87. The number of rotatable bonds is 4. The van der Waals surface area contributed by atoms with Crippen LogP contribution in [0.15, 0.2) is 18.2 Å². The normalized spacial score (nSPS) is 15.5. The molecule has 0 aliphatic carbocycles. The summed E-state index contributed by atoms with van der Waals surface area (Å²) in [6.07, 6.45) is 0. The highest BCUT2D eigenvalue weighted by Gasteiger charge is 2.22. The molecule has 1 aromatic carbocycles. The van der Waals surface area contributed by atoms with Crippen molar-refractivity contribution in [1.82, 2.24) is 4.90 Å². The van der Waals surface area contributed by atoms with E-state index in [4.69, 9.17) is 10.5 Å². The highest BCUT2D eigenvalue weighted by atomic mass is 16.5. The molecule has 1 fully saturated rings.